The number of aliphatic hydroxyl groups excluding tert-OH is 1. The van der Waals surface area contributed by atoms with Gasteiger partial charge in [-0.25, -0.2) is 9.97 Å². The fraction of sp³-hybridized carbons (Fsp3) is 0.647. The van der Waals surface area contributed by atoms with Crippen LogP contribution in [0.5, 0.6) is 0 Å². The van der Waals surface area contributed by atoms with Gasteiger partial charge in [0.2, 0.25) is 5.89 Å². The standard InChI is InChI=1S/C17H25N7O2/c1-13-20-15(21-26-13)10-22-5-7-23(8-6-22)16-9-17(19-12-18-16)24-4-2-3-14(24)11-25/h9,12,14,25H,2-8,10-11H2,1H3. The third-order valence-corrected chi connectivity index (χ3v) is 5.15. The predicted molar refractivity (Wildman–Crippen MR) is 96.0 cm³/mol. The Hall–Kier alpha value is -2.26. The van der Waals surface area contributed by atoms with Crippen LogP contribution in [0.25, 0.3) is 0 Å². The number of anilines is 2. The van der Waals surface area contributed by atoms with E-state index in [-0.39, 0.29) is 12.6 Å². The average molecular weight is 359 g/mol. The van der Waals surface area contributed by atoms with Crippen LogP contribution < -0.4 is 9.80 Å². The van der Waals surface area contributed by atoms with Crippen molar-refractivity contribution in [2.45, 2.75) is 32.4 Å². The van der Waals surface area contributed by atoms with Gasteiger partial charge in [-0.05, 0) is 12.8 Å². The summed E-state index contributed by atoms with van der Waals surface area (Å²) >= 11 is 0. The Bertz CT molecular complexity index is 729. The lowest BCUT2D eigenvalue weighted by molar-refractivity contribution is 0.239. The van der Waals surface area contributed by atoms with Crippen molar-refractivity contribution in [3.8, 4) is 0 Å². The van der Waals surface area contributed by atoms with Crippen molar-refractivity contribution in [3.63, 3.8) is 0 Å². The summed E-state index contributed by atoms with van der Waals surface area (Å²) in [5, 5.41) is 13.5. The van der Waals surface area contributed by atoms with Crippen LogP contribution in [-0.4, -0.2) is 75.5 Å². The first-order chi connectivity index (χ1) is 12.7. The molecule has 0 bridgehead atoms. The second-order valence-corrected chi connectivity index (χ2v) is 6.90. The molecule has 2 fully saturated rings. The summed E-state index contributed by atoms with van der Waals surface area (Å²) < 4.78 is 5.04. The highest BCUT2D eigenvalue weighted by molar-refractivity contribution is 5.51. The molecule has 2 aromatic heterocycles. The van der Waals surface area contributed by atoms with Gasteiger partial charge in [0.1, 0.15) is 18.0 Å². The van der Waals surface area contributed by atoms with E-state index in [0.29, 0.717) is 12.4 Å². The minimum atomic E-state index is 0.174. The van der Waals surface area contributed by atoms with E-state index in [1.165, 1.54) is 0 Å². The van der Waals surface area contributed by atoms with Crippen LogP contribution in [0.2, 0.25) is 0 Å². The summed E-state index contributed by atoms with van der Waals surface area (Å²) in [6.07, 6.45) is 3.74. The van der Waals surface area contributed by atoms with Gasteiger partial charge in [0.25, 0.3) is 0 Å². The molecule has 140 valence electrons. The molecule has 9 heteroatoms. The van der Waals surface area contributed by atoms with Gasteiger partial charge in [-0.2, -0.15) is 4.98 Å². The second kappa shape index (κ2) is 7.55. The molecule has 1 atom stereocenters. The highest BCUT2D eigenvalue weighted by Gasteiger charge is 2.26. The van der Waals surface area contributed by atoms with Crippen molar-refractivity contribution in [3.05, 3.63) is 24.1 Å². The number of aliphatic hydroxyl groups is 1. The van der Waals surface area contributed by atoms with Crippen LogP contribution >= 0.6 is 0 Å². The molecule has 0 saturated carbocycles. The third kappa shape index (κ3) is 3.63. The largest absolute Gasteiger partial charge is 0.394 e. The molecular weight excluding hydrogens is 334 g/mol. The summed E-state index contributed by atoms with van der Waals surface area (Å²) in [6, 6.07) is 2.22. The zero-order valence-corrected chi connectivity index (χ0v) is 15.1. The van der Waals surface area contributed by atoms with E-state index in [1.54, 1.807) is 6.33 Å². The van der Waals surface area contributed by atoms with Crippen molar-refractivity contribution >= 4 is 11.6 Å². The van der Waals surface area contributed by atoms with Crippen molar-refractivity contribution in [1.29, 1.82) is 0 Å². The van der Waals surface area contributed by atoms with Crippen LogP contribution in [0.15, 0.2) is 16.9 Å². The summed E-state index contributed by atoms with van der Waals surface area (Å²) in [6.45, 7) is 7.29. The van der Waals surface area contributed by atoms with E-state index in [2.05, 4.69) is 34.8 Å². The zero-order valence-electron chi connectivity index (χ0n) is 15.1. The lowest BCUT2D eigenvalue weighted by atomic mass is 10.2. The van der Waals surface area contributed by atoms with Gasteiger partial charge in [-0.1, -0.05) is 5.16 Å². The summed E-state index contributed by atoms with van der Waals surface area (Å²) in [4.78, 5) is 20.0. The molecule has 2 saturated heterocycles. The lowest BCUT2D eigenvalue weighted by Crippen LogP contribution is -2.46. The molecule has 4 rings (SSSR count). The Morgan fingerprint density at radius 1 is 1.15 bits per heavy atom. The molecule has 0 amide bonds. The maximum Gasteiger partial charge on any atom is 0.223 e. The molecule has 1 unspecified atom stereocenters. The molecule has 2 aliphatic heterocycles. The molecule has 0 spiro atoms. The molecule has 9 nitrogen and oxygen atoms in total. The van der Waals surface area contributed by atoms with Gasteiger partial charge in [0.15, 0.2) is 5.82 Å². The summed E-state index contributed by atoms with van der Waals surface area (Å²) in [5.74, 6) is 3.21. The van der Waals surface area contributed by atoms with Gasteiger partial charge in [-0.15, -0.1) is 0 Å². The highest BCUT2D eigenvalue weighted by atomic mass is 16.5. The number of hydrogen-bond donors (Lipinski definition) is 1. The Kier molecular flexibility index (Phi) is 4.98. The predicted octanol–water partition coefficient (Wildman–Crippen LogP) is 0.451. The molecule has 0 aromatic carbocycles. The van der Waals surface area contributed by atoms with Gasteiger partial charge in [-0.3, -0.25) is 4.90 Å². The Labute approximate surface area is 152 Å². The Balaban J connectivity index is 1.37. The van der Waals surface area contributed by atoms with Crippen LogP contribution in [-0.2, 0) is 6.54 Å². The minimum absolute atomic E-state index is 0.174. The van der Waals surface area contributed by atoms with Crippen molar-refractivity contribution in [1.82, 2.24) is 25.0 Å². The lowest BCUT2D eigenvalue weighted by Gasteiger charge is -2.35. The number of piperazine rings is 1. The van der Waals surface area contributed by atoms with Crippen molar-refractivity contribution in [2.24, 2.45) is 0 Å². The summed E-state index contributed by atoms with van der Waals surface area (Å²) in [7, 11) is 0. The monoisotopic (exact) mass is 359 g/mol. The number of rotatable bonds is 5. The van der Waals surface area contributed by atoms with Gasteiger partial charge in [0, 0.05) is 45.7 Å². The van der Waals surface area contributed by atoms with Crippen molar-refractivity contribution < 1.29 is 9.63 Å². The fourth-order valence-corrected chi connectivity index (χ4v) is 3.73. The van der Waals surface area contributed by atoms with Gasteiger partial charge in [0.05, 0.1) is 19.2 Å². The topological polar surface area (TPSA) is 94.7 Å². The fourth-order valence-electron chi connectivity index (χ4n) is 3.73. The quantitative estimate of drug-likeness (QED) is 0.816. The molecule has 4 heterocycles. The van der Waals surface area contributed by atoms with E-state index in [0.717, 1.165) is 63.0 Å². The smallest absolute Gasteiger partial charge is 0.223 e. The number of aryl methyl sites for hydroxylation is 1. The van der Waals surface area contributed by atoms with E-state index in [1.807, 2.05) is 13.0 Å². The van der Waals surface area contributed by atoms with E-state index < -0.39 is 0 Å². The molecular formula is C17H25N7O2. The average Bonchev–Trinajstić information content (AvgIpc) is 3.31. The molecule has 0 radical (unpaired) electrons. The van der Waals surface area contributed by atoms with Crippen molar-refractivity contribution in [2.75, 3.05) is 49.1 Å². The maximum absolute atomic E-state index is 9.55. The molecule has 26 heavy (non-hydrogen) atoms. The van der Waals surface area contributed by atoms with E-state index >= 15 is 0 Å². The normalized spacial score (nSPS) is 21.5. The first-order valence-electron chi connectivity index (χ1n) is 9.19. The van der Waals surface area contributed by atoms with E-state index in [4.69, 9.17) is 4.52 Å². The third-order valence-electron chi connectivity index (χ3n) is 5.15. The number of hydrogen-bond acceptors (Lipinski definition) is 9. The van der Waals surface area contributed by atoms with Gasteiger partial charge >= 0.3 is 0 Å². The second-order valence-electron chi connectivity index (χ2n) is 6.90. The zero-order chi connectivity index (χ0) is 17.9. The van der Waals surface area contributed by atoms with Crippen LogP contribution in [0.4, 0.5) is 11.6 Å². The van der Waals surface area contributed by atoms with Crippen LogP contribution in [0, 0.1) is 6.92 Å². The maximum atomic E-state index is 9.55. The highest BCUT2D eigenvalue weighted by Crippen LogP contribution is 2.26. The van der Waals surface area contributed by atoms with Crippen LogP contribution in [0.1, 0.15) is 24.6 Å². The Morgan fingerprint density at radius 2 is 1.96 bits per heavy atom. The molecule has 1 N–H and O–H groups in total. The van der Waals surface area contributed by atoms with E-state index in [9.17, 15) is 5.11 Å². The SMILES string of the molecule is Cc1nc(CN2CCN(c3cc(N4CCCC4CO)ncn3)CC2)no1. The molecule has 2 aliphatic rings. The summed E-state index contributed by atoms with van der Waals surface area (Å²) in [5.41, 5.74) is 0. The number of aromatic nitrogens is 4. The molecule has 2 aromatic rings. The number of nitrogens with zero attached hydrogens (tertiary/aromatic N) is 7. The van der Waals surface area contributed by atoms with Crippen LogP contribution in [0.3, 0.4) is 0 Å². The first-order valence-corrected chi connectivity index (χ1v) is 9.19. The Morgan fingerprint density at radius 3 is 2.69 bits per heavy atom. The minimum Gasteiger partial charge on any atom is -0.394 e. The van der Waals surface area contributed by atoms with Gasteiger partial charge < -0.3 is 19.4 Å². The first kappa shape index (κ1) is 17.2. The molecule has 0 aliphatic carbocycles.